The van der Waals surface area contributed by atoms with E-state index in [2.05, 4.69) is 12.0 Å². The molecule has 0 rings (SSSR count). The van der Waals surface area contributed by atoms with Crippen LogP contribution in [-0.2, 0) is 0 Å². The molecule has 2 heteroatoms. The first-order valence-corrected chi connectivity index (χ1v) is 4.80. The monoisotopic (exact) mass is 146 g/mol. The molecule has 0 amide bonds. The fraction of sp³-hybridized carbons (Fsp3) is 0.333. The van der Waals surface area contributed by atoms with Crippen molar-refractivity contribution in [2.45, 2.75) is 6.92 Å². The molecule has 0 unspecified atom stereocenters. The van der Waals surface area contributed by atoms with Crippen LogP contribution in [0, 0.1) is 0 Å². The molecule has 0 aliphatic carbocycles. The highest BCUT2D eigenvalue weighted by molar-refractivity contribution is 8.77. The molecule has 0 heterocycles. The SMILES string of the molecule is C=CCSSC=CC. The second-order valence-electron chi connectivity index (χ2n) is 1.14. The Morgan fingerprint density at radius 3 is 2.88 bits per heavy atom. The Morgan fingerprint density at radius 1 is 1.62 bits per heavy atom. The van der Waals surface area contributed by atoms with Crippen molar-refractivity contribution in [3.8, 4) is 0 Å². The average molecular weight is 146 g/mol. The van der Waals surface area contributed by atoms with Crippen molar-refractivity contribution in [3.63, 3.8) is 0 Å². The smallest absolute Gasteiger partial charge is 0.0218 e. The van der Waals surface area contributed by atoms with Crippen molar-refractivity contribution >= 4 is 21.6 Å². The van der Waals surface area contributed by atoms with Gasteiger partial charge in [0.2, 0.25) is 0 Å². The molecule has 0 saturated carbocycles. The maximum absolute atomic E-state index is 3.60. The maximum Gasteiger partial charge on any atom is 0.0218 e. The van der Waals surface area contributed by atoms with E-state index < -0.39 is 0 Å². The van der Waals surface area contributed by atoms with Crippen LogP contribution < -0.4 is 0 Å². The van der Waals surface area contributed by atoms with Crippen LogP contribution in [0.5, 0.6) is 0 Å². The predicted molar refractivity (Wildman–Crippen MR) is 45.1 cm³/mol. The van der Waals surface area contributed by atoms with Crippen LogP contribution in [0.3, 0.4) is 0 Å². The Balaban J connectivity index is 2.82. The van der Waals surface area contributed by atoms with Crippen molar-refractivity contribution in [3.05, 3.63) is 24.1 Å². The van der Waals surface area contributed by atoms with E-state index in [1.54, 1.807) is 21.6 Å². The summed E-state index contributed by atoms with van der Waals surface area (Å²) in [7, 11) is 3.53. The lowest BCUT2D eigenvalue weighted by Gasteiger charge is -1.85. The van der Waals surface area contributed by atoms with E-state index in [-0.39, 0.29) is 0 Å². The summed E-state index contributed by atoms with van der Waals surface area (Å²) in [5.41, 5.74) is 0. The van der Waals surface area contributed by atoms with Crippen LogP contribution in [0.15, 0.2) is 24.1 Å². The molecule has 0 nitrogen and oxygen atoms in total. The van der Waals surface area contributed by atoms with Gasteiger partial charge in [-0.2, -0.15) is 0 Å². The molecule has 0 atom stereocenters. The third-order valence-electron chi connectivity index (χ3n) is 0.446. The van der Waals surface area contributed by atoms with Gasteiger partial charge in [0.25, 0.3) is 0 Å². The standard InChI is InChI=1S/C6H10S2/c1-3-5-7-8-6-4-2/h3-4,6H,1,5H2,2H3. The molecule has 0 aromatic rings. The molecular formula is C6H10S2. The van der Waals surface area contributed by atoms with Gasteiger partial charge in [-0.05, 0) is 12.3 Å². The first-order valence-electron chi connectivity index (χ1n) is 2.42. The number of hydrogen-bond donors (Lipinski definition) is 0. The van der Waals surface area contributed by atoms with Crippen LogP contribution in [0.2, 0.25) is 0 Å². The summed E-state index contributed by atoms with van der Waals surface area (Å²) in [4.78, 5) is 0. The zero-order valence-corrected chi connectivity index (χ0v) is 6.60. The summed E-state index contributed by atoms with van der Waals surface area (Å²) in [6.07, 6.45) is 3.93. The minimum atomic E-state index is 1.02. The largest absolute Gasteiger partial charge is 0.102 e. The van der Waals surface area contributed by atoms with Crippen LogP contribution in [-0.4, -0.2) is 5.75 Å². The topological polar surface area (TPSA) is 0 Å². The lowest BCUT2D eigenvalue weighted by atomic mass is 10.8. The van der Waals surface area contributed by atoms with Gasteiger partial charge in [-0.25, -0.2) is 0 Å². The fourth-order valence-corrected chi connectivity index (χ4v) is 1.64. The quantitative estimate of drug-likeness (QED) is 0.339. The molecular weight excluding hydrogens is 136 g/mol. The molecule has 0 aliphatic heterocycles. The normalized spacial score (nSPS) is 10.1. The highest BCUT2D eigenvalue weighted by Crippen LogP contribution is 2.21. The molecule has 46 valence electrons. The van der Waals surface area contributed by atoms with Crippen LogP contribution in [0.25, 0.3) is 0 Å². The molecule has 0 N–H and O–H groups in total. The zero-order chi connectivity index (χ0) is 6.24. The predicted octanol–water partition coefficient (Wildman–Crippen LogP) is 3.09. The first-order chi connectivity index (χ1) is 3.91. The molecule has 0 aliphatic rings. The average Bonchev–Trinajstić information content (AvgIpc) is 1.81. The lowest BCUT2D eigenvalue weighted by Crippen LogP contribution is -1.56. The van der Waals surface area contributed by atoms with Gasteiger partial charge in [-0.1, -0.05) is 33.7 Å². The van der Waals surface area contributed by atoms with Crippen molar-refractivity contribution in [2.75, 3.05) is 5.75 Å². The van der Waals surface area contributed by atoms with E-state index in [1.807, 2.05) is 19.1 Å². The number of rotatable bonds is 4. The van der Waals surface area contributed by atoms with Crippen molar-refractivity contribution < 1.29 is 0 Å². The Morgan fingerprint density at radius 2 is 2.38 bits per heavy atom. The second kappa shape index (κ2) is 7.18. The van der Waals surface area contributed by atoms with Gasteiger partial charge < -0.3 is 0 Å². The Kier molecular flexibility index (Phi) is 7.34. The lowest BCUT2D eigenvalue weighted by molar-refractivity contribution is 1.79. The molecule has 0 radical (unpaired) electrons. The van der Waals surface area contributed by atoms with Crippen LogP contribution in [0.4, 0.5) is 0 Å². The second-order valence-corrected chi connectivity index (χ2v) is 3.46. The summed E-state index contributed by atoms with van der Waals surface area (Å²) >= 11 is 0. The third kappa shape index (κ3) is 6.18. The minimum absolute atomic E-state index is 1.02. The Labute approximate surface area is 58.8 Å². The van der Waals surface area contributed by atoms with Crippen LogP contribution in [0.1, 0.15) is 6.92 Å². The minimum Gasteiger partial charge on any atom is -0.102 e. The molecule has 0 spiro atoms. The van der Waals surface area contributed by atoms with Gasteiger partial charge in [0.15, 0.2) is 0 Å². The van der Waals surface area contributed by atoms with Gasteiger partial charge in [-0.15, -0.1) is 6.58 Å². The summed E-state index contributed by atoms with van der Waals surface area (Å²) < 4.78 is 0. The number of hydrogen-bond acceptors (Lipinski definition) is 2. The summed E-state index contributed by atoms with van der Waals surface area (Å²) in [5.74, 6) is 1.02. The van der Waals surface area contributed by atoms with E-state index in [0.29, 0.717) is 0 Å². The van der Waals surface area contributed by atoms with E-state index >= 15 is 0 Å². The summed E-state index contributed by atoms with van der Waals surface area (Å²) in [6, 6.07) is 0. The highest BCUT2D eigenvalue weighted by atomic mass is 33.1. The van der Waals surface area contributed by atoms with Crippen molar-refractivity contribution in [1.29, 1.82) is 0 Å². The van der Waals surface area contributed by atoms with E-state index in [9.17, 15) is 0 Å². The fourth-order valence-electron chi connectivity index (χ4n) is 0.182. The van der Waals surface area contributed by atoms with Gasteiger partial charge in [0, 0.05) is 5.75 Å². The van der Waals surface area contributed by atoms with Crippen LogP contribution >= 0.6 is 21.6 Å². The molecule has 0 fully saturated rings. The number of allylic oxidation sites excluding steroid dienone is 1. The van der Waals surface area contributed by atoms with Crippen molar-refractivity contribution in [1.82, 2.24) is 0 Å². The van der Waals surface area contributed by atoms with Gasteiger partial charge in [0.1, 0.15) is 0 Å². The zero-order valence-electron chi connectivity index (χ0n) is 4.96. The molecule has 0 aromatic carbocycles. The third-order valence-corrected chi connectivity index (χ3v) is 2.49. The molecule has 0 bridgehead atoms. The van der Waals surface area contributed by atoms with E-state index in [4.69, 9.17) is 0 Å². The van der Waals surface area contributed by atoms with Gasteiger partial charge in [-0.3, -0.25) is 0 Å². The summed E-state index contributed by atoms with van der Waals surface area (Å²) in [6.45, 7) is 5.62. The van der Waals surface area contributed by atoms with E-state index in [1.165, 1.54) is 0 Å². The maximum atomic E-state index is 3.60. The van der Waals surface area contributed by atoms with Crippen molar-refractivity contribution in [2.24, 2.45) is 0 Å². The molecule has 0 aromatic heterocycles. The summed E-state index contributed by atoms with van der Waals surface area (Å²) in [5, 5.41) is 2.06. The van der Waals surface area contributed by atoms with Gasteiger partial charge in [0.05, 0.1) is 0 Å². The molecule has 0 saturated heterocycles. The molecule has 8 heavy (non-hydrogen) atoms. The van der Waals surface area contributed by atoms with E-state index in [0.717, 1.165) is 5.75 Å². The Hall–Kier alpha value is 0.180. The van der Waals surface area contributed by atoms with Gasteiger partial charge >= 0.3 is 0 Å². The Bertz CT molecular complexity index is 76.6. The highest BCUT2D eigenvalue weighted by Gasteiger charge is 1.75. The first kappa shape index (κ1) is 8.18.